The van der Waals surface area contributed by atoms with Crippen LogP contribution in [0.4, 0.5) is 4.79 Å². The number of terminal acetylenes is 1. The summed E-state index contributed by atoms with van der Waals surface area (Å²) in [5, 5.41) is 0.521. The van der Waals surface area contributed by atoms with Crippen molar-refractivity contribution < 1.29 is 19.2 Å². The maximum absolute atomic E-state index is 12.3. The molecule has 0 bridgehead atoms. The predicted molar refractivity (Wildman–Crippen MR) is 78.9 cm³/mol. The number of hydroxylamine groups is 2. The Morgan fingerprint density at radius 1 is 1.45 bits per heavy atom. The summed E-state index contributed by atoms with van der Waals surface area (Å²) in [5.41, 5.74) is 0.875. The molecule has 118 valence electrons. The van der Waals surface area contributed by atoms with Gasteiger partial charge in [0.25, 0.3) is 5.91 Å². The van der Waals surface area contributed by atoms with Crippen molar-refractivity contribution in [3.05, 3.63) is 11.6 Å². The third-order valence-corrected chi connectivity index (χ3v) is 4.14. The second-order valence-corrected chi connectivity index (χ2v) is 6.51. The highest BCUT2D eigenvalue weighted by Gasteiger charge is 2.62. The topological polar surface area (TPSA) is 66.9 Å². The number of imide groups is 1. The van der Waals surface area contributed by atoms with Crippen LogP contribution < -0.4 is 0 Å². The smallest absolute Gasteiger partial charge is 0.328 e. The minimum atomic E-state index is -0.687. The third-order valence-electron chi connectivity index (χ3n) is 4.14. The average molecular weight is 304 g/mol. The fourth-order valence-corrected chi connectivity index (χ4v) is 2.80. The van der Waals surface area contributed by atoms with Crippen LogP contribution >= 0.6 is 0 Å². The largest absolute Gasteiger partial charge is 0.362 e. The van der Waals surface area contributed by atoms with Crippen molar-refractivity contribution >= 4 is 17.9 Å². The molecule has 6 nitrogen and oxygen atoms in total. The van der Waals surface area contributed by atoms with E-state index in [4.69, 9.17) is 11.3 Å². The molecule has 0 aromatic heterocycles. The minimum Gasteiger partial charge on any atom is -0.328 e. The first-order chi connectivity index (χ1) is 10.2. The highest BCUT2D eigenvalue weighted by atomic mass is 16.7. The van der Waals surface area contributed by atoms with Gasteiger partial charge in [0.1, 0.15) is 6.54 Å². The van der Waals surface area contributed by atoms with E-state index < -0.39 is 17.9 Å². The number of urea groups is 1. The first kappa shape index (κ1) is 16.1. The number of rotatable bonds is 4. The molecule has 1 saturated carbocycles. The van der Waals surface area contributed by atoms with Crippen LogP contribution in [0.25, 0.3) is 0 Å². The minimum absolute atomic E-state index is 0.00787. The van der Waals surface area contributed by atoms with Crippen molar-refractivity contribution in [1.82, 2.24) is 9.96 Å². The van der Waals surface area contributed by atoms with Crippen molar-refractivity contribution in [3.8, 4) is 12.3 Å². The van der Waals surface area contributed by atoms with E-state index in [1.165, 1.54) is 0 Å². The number of allylic oxidation sites excluding steroid dienone is 2. The van der Waals surface area contributed by atoms with Crippen LogP contribution in [0.5, 0.6) is 0 Å². The van der Waals surface area contributed by atoms with Crippen LogP contribution in [0.15, 0.2) is 11.6 Å². The first-order valence-electron chi connectivity index (χ1n) is 7.12. The Morgan fingerprint density at radius 3 is 2.64 bits per heavy atom. The second-order valence-electron chi connectivity index (χ2n) is 6.51. The van der Waals surface area contributed by atoms with E-state index in [0.29, 0.717) is 5.06 Å². The molecule has 0 radical (unpaired) electrons. The van der Waals surface area contributed by atoms with Crippen LogP contribution in [0.2, 0.25) is 0 Å². The summed E-state index contributed by atoms with van der Waals surface area (Å²) in [6.45, 7) is 7.68. The van der Waals surface area contributed by atoms with E-state index in [2.05, 4.69) is 5.92 Å². The number of hydrogen-bond acceptors (Lipinski definition) is 4. The lowest BCUT2D eigenvalue weighted by Crippen LogP contribution is -2.36. The molecule has 3 amide bonds. The van der Waals surface area contributed by atoms with Gasteiger partial charge in [0.05, 0.1) is 12.5 Å². The summed E-state index contributed by atoms with van der Waals surface area (Å²) < 4.78 is 0. The Morgan fingerprint density at radius 2 is 2.09 bits per heavy atom. The molecule has 0 aromatic carbocycles. The van der Waals surface area contributed by atoms with E-state index >= 15 is 0 Å². The lowest BCUT2D eigenvalue weighted by atomic mass is 10.1. The Balaban J connectivity index is 2.05. The first-order valence-corrected chi connectivity index (χ1v) is 7.12. The quantitative estimate of drug-likeness (QED) is 0.449. The zero-order chi connectivity index (χ0) is 16.7. The molecule has 1 saturated heterocycles. The Labute approximate surface area is 130 Å². The number of hydrogen-bond donors (Lipinski definition) is 0. The van der Waals surface area contributed by atoms with Crippen molar-refractivity contribution in [3.63, 3.8) is 0 Å². The van der Waals surface area contributed by atoms with E-state index in [-0.39, 0.29) is 30.3 Å². The zero-order valence-electron chi connectivity index (χ0n) is 13.3. The highest BCUT2D eigenvalue weighted by Crippen LogP contribution is 2.59. The molecule has 2 fully saturated rings. The van der Waals surface area contributed by atoms with Gasteiger partial charge >= 0.3 is 12.0 Å². The summed E-state index contributed by atoms with van der Waals surface area (Å²) in [5.74, 6) is 0.851. The molecular formula is C16H20N2O4. The van der Waals surface area contributed by atoms with Crippen LogP contribution in [0.3, 0.4) is 0 Å². The van der Waals surface area contributed by atoms with Crippen LogP contribution in [-0.2, 0) is 14.4 Å². The molecule has 2 rings (SSSR count). The maximum atomic E-state index is 12.3. The summed E-state index contributed by atoms with van der Waals surface area (Å²) in [6.07, 6.45) is 7.15. The van der Waals surface area contributed by atoms with Gasteiger partial charge in [-0.05, 0) is 25.2 Å². The van der Waals surface area contributed by atoms with Gasteiger partial charge in [-0.15, -0.1) is 6.42 Å². The van der Waals surface area contributed by atoms with Crippen LogP contribution in [-0.4, -0.2) is 41.0 Å². The second kappa shape index (κ2) is 5.48. The monoisotopic (exact) mass is 304 g/mol. The normalized spacial score (nSPS) is 25.8. The number of nitrogens with zero attached hydrogens (tertiary/aromatic N) is 2. The third kappa shape index (κ3) is 2.71. The molecule has 0 aromatic rings. The lowest BCUT2D eigenvalue weighted by Gasteiger charge is -2.14. The molecule has 1 aliphatic carbocycles. The summed E-state index contributed by atoms with van der Waals surface area (Å²) >= 11 is 0. The van der Waals surface area contributed by atoms with E-state index in [9.17, 15) is 14.4 Å². The average Bonchev–Trinajstić information content (AvgIpc) is 2.83. The van der Waals surface area contributed by atoms with Gasteiger partial charge in [0.15, 0.2) is 0 Å². The van der Waals surface area contributed by atoms with Gasteiger partial charge in [-0.3, -0.25) is 4.79 Å². The summed E-state index contributed by atoms with van der Waals surface area (Å²) in [6, 6.07) is -0.687. The number of amides is 3. The van der Waals surface area contributed by atoms with Gasteiger partial charge < -0.3 is 9.74 Å². The highest BCUT2D eigenvalue weighted by molar-refractivity contribution is 6.02. The van der Waals surface area contributed by atoms with Crippen molar-refractivity contribution in [2.75, 3.05) is 13.1 Å². The molecular weight excluding hydrogens is 284 g/mol. The van der Waals surface area contributed by atoms with E-state index in [1.54, 1.807) is 0 Å². The lowest BCUT2D eigenvalue weighted by molar-refractivity contribution is -0.184. The molecule has 0 spiro atoms. The fraction of sp³-hybridized carbons (Fsp3) is 0.562. The zero-order valence-corrected chi connectivity index (χ0v) is 13.3. The van der Waals surface area contributed by atoms with Gasteiger partial charge in [-0.2, -0.15) is 0 Å². The molecule has 0 unspecified atom stereocenters. The molecule has 6 heteroatoms. The fourth-order valence-electron chi connectivity index (χ4n) is 2.80. The summed E-state index contributed by atoms with van der Waals surface area (Å²) in [4.78, 5) is 42.2. The SMILES string of the molecule is C#CCN1CC(=O)N(OC(=O)[C@@H]2[C@@H](C=C(C)C)C2(C)C)C1=O. The van der Waals surface area contributed by atoms with Crippen molar-refractivity contribution in [2.24, 2.45) is 17.3 Å². The van der Waals surface area contributed by atoms with Gasteiger partial charge in [-0.1, -0.05) is 36.5 Å². The van der Waals surface area contributed by atoms with Crippen LogP contribution in [0.1, 0.15) is 27.7 Å². The van der Waals surface area contributed by atoms with Crippen molar-refractivity contribution in [2.45, 2.75) is 27.7 Å². The maximum Gasteiger partial charge on any atom is 0.362 e. The Kier molecular flexibility index (Phi) is 4.01. The Hall–Kier alpha value is -2.29. The number of carbonyl (C=O) groups excluding carboxylic acids is 3. The molecule has 22 heavy (non-hydrogen) atoms. The van der Waals surface area contributed by atoms with Gasteiger partial charge in [0, 0.05) is 0 Å². The van der Waals surface area contributed by atoms with Crippen molar-refractivity contribution in [1.29, 1.82) is 0 Å². The Bertz CT molecular complexity index is 596. The molecule has 0 N–H and O–H groups in total. The standard InChI is InChI=1S/C16H20N2O4/c1-6-7-17-9-12(19)18(15(17)21)22-14(20)13-11(8-10(2)3)16(13,4)5/h1,8,11,13H,7,9H2,2-5H3/t11-,13+/m1/s1. The molecule has 2 aliphatic rings. The van der Waals surface area contributed by atoms with E-state index in [0.717, 1.165) is 10.5 Å². The van der Waals surface area contributed by atoms with E-state index in [1.807, 2.05) is 33.8 Å². The van der Waals surface area contributed by atoms with Gasteiger partial charge in [-0.25, -0.2) is 9.59 Å². The predicted octanol–water partition coefficient (Wildman–Crippen LogP) is 1.58. The summed E-state index contributed by atoms with van der Waals surface area (Å²) in [7, 11) is 0. The molecule has 2 atom stereocenters. The molecule has 1 aliphatic heterocycles. The molecule has 1 heterocycles. The number of carbonyl (C=O) groups is 3. The van der Waals surface area contributed by atoms with Gasteiger partial charge in [0.2, 0.25) is 0 Å². The van der Waals surface area contributed by atoms with Crippen LogP contribution in [0, 0.1) is 29.6 Å².